The number of hydrogen-bond donors (Lipinski definition) is 1. The highest BCUT2D eigenvalue weighted by atomic mass is 19.4. The van der Waals surface area contributed by atoms with Gasteiger partial charge in [0.2, 0.25) is 0 Å². The van der Waals surface area contributed by atoms with Crippen LogP contribution in [0.15, 0.2) is 42.5 Å². The van der Waals surface area contributed by atoms with E-state index >= 15 is 0 Å². The lowest BCUT2D eigenvalue weighted by Gasteiger charge is -2.27. The molecule has 0 saturated heterocycles. The SMILES string of the molecule is C[C@H](OC1CCC(N)C1c1ccc(F)cc1)c1cc(C(F)(F)F)cc(C(F)(F)F)c1. The molecular weight excluding hydrogens is 415 g/mol. The van der Waals surface area contributed by atoms with Crippen LogP contribution in [-0.2, 0) is 17.1 Å². The Morgan fingerprint density at radius 1 is 0.900 bits per heavy atom. The highest BCUT2D eigenvalue weighted by Gasteiger charge is 2.39. The van der Waals surface area contributed by atoms with Gasteiger partial charge in [0.05, 0.1) is 23.3 Å². The van der Waals surface area contributed by atoms with E-state index in [4.69, 9.17) is 10.5 Å². The van der Waals surface area contributed by atoms with Crippen LogP contribution in [0.4, 0.5) is 30.7 Å². The first-order chi connectivity index (χ1) is 13.9. The zero-order chi connectivity index (χ0) is 22.3. The molecule has 0 bridgehead atoms. The van der Waals surface area contributed by atoms with Crippen molar-refractivity contribution >= 4 is 0 Å². The van der Waals surface area contributed by atoms with Crippen molar-refractivity contribution in [2.24, 2.45) is 5.73 Å². The number of alkyl halides is 6. The van der Waals surface area contributed by atoms with Crippen molar-refractivity contribution in [2.45, 2.75) is 56.3 Å². The lowest BCUT2D eigenvalue weighted by Crippen LogP contribution is -2.30. The van der Waals surface area contributed by atoms with Gasteiger partial charge in [-0.05, 0) is 61.2 Å². The fourth-order valence-corrected chi connectivity index (χ4v) is 3.85. The summed E-state index contributed by atoms with van der Waals surface area (Å²) in [6, 6.07) is 6.75. The van der Waals surface area contributed by atoms with Crippen molar-refractivity contribution < 1.29 is 35.5 Å². The van der Waals surface area contributed by atoms with Gasteiger partial charge in [-0.25, -0.2) is 4.39 Å². The molecule has 0 heterocycles. The first-order valence-corrected chi connectivity index (χ1v) is 9.32. The van der Waals surface area contributed by atoms with Crippen LogP contribution in [0.25, 0.3) is 0 Å². The van der Waals surface area contributed by atoms with E-state index in [0.29, 0.717) is 30.5 Å². The third-order valence-corrected chi connectivity index (χ3v) is 5.36. The molecular formula is C21H20F7NO. The summed E-state index contributed by atoms with van der Waals surface area (Å²) >= 11 is 0. The van der Waals surface area contributed by atoms with Gasteiger partial charge in [0.25, 0.3) is 0 Å². The molecule has 1 saturated carbocycles. The van der Waals surface area contributed by atoms with E-state index in [2.05, 4.69) is 0 Å². The molecule has 4 atom stereocenters. The van der Waals surface area contributed by atoms with Crippen LogP contribution >= 0.6 is 0 Å². The van der Waals surface area contributed by atoms with E-state index in [-0.39, 0.29) is 23.6 Å². The molecule has 0 radical (unpaired) electrons. The van der Waals surface area contributed by atoms with Crippen LogP contribution in [0.5, 0.6) is 0 Å². The predicted molar refractivity (Wildman–Crippen MR) is 96.1 cm³/mol. The van der Waals surface area contributed by atoms with Gasteiger partial charge >= 0.3 is 12.4 Å². The lowest BCUT2D eigenvalue weighted by atomic mass is 9.92. The molecule has 3 rings (SSSR count). The number of halogens is 7. The molecule has 164 valence electrons. The van der Waals surface area contributed by atoms with Gasteiger partial charge < -0.3 is 10.5 Å². The largest absolute Gasteiger partial charge is 0.416 e. The lowest BCUT2D eigenvalue weighted by molar-refractivity contribution is -0.143. The standard InChI is InChI=1S/C21H20F7NO/c1-11(13-8-14(20(23,24)25)10-15(9-13)21(26,27)28)30-18-7-6-17(29)19(18)12-2-4-16(22)5-3-12/h2-5,8-11,17-19H,6-7,29H2,1H3/t11-,17?,18?,19?/m0/s1. The Morgan fingerprint density at radius 2 is 1.43 bits per heavy atom. The van der Waals surface area contributed by atoms with Crippen molar-refractivity contribution in [1.29, 1.82) is 0 Å². The van der Waals surface area contributed by atoms with Crippen molar-refractivity contribution in [3.05, 3.63) is 70.5 Å². The van der Waals surface area contributed by atoms with E-state index < -0.39 is 41.5 Å². The van der Waals surface area contributed by atoms with E-state index in [0.717, 1.165) is 0 Å². The second-order valence-corrected chi connectivity index (χ2v) is 7.47. The van der Waals surface area contributed by atoms with Crippen molar-refractivity contribution in [3.63, 3.8) is 0 Å². The highest BCUT2D eigenvalue weighted by Crippen LogP contribution is 2.41. The zero-order valence-corrected chi connectivity index (χ0v) is 15.9. The summed E-state index contributed by atoms with van der Waals surface area (Å²) in [5, 5.41) is 0. The Kier molecular flexibility index (Phi) is 6.15. The van der Waals surface area contributed by atoms with E-state index in [1.807, 2.05) is 0 Å². The van der Waals surface area contributed by atoms with Crippen molar-refractivity contribution in [1.82, 2.24) is 0 Å². The van der Waals surface area contributed by atoms with Crippen molar-refractivity contribution in [2.75, 3.05) is 0 Å². The first kappa shape index (κ1) is 22.6. The molecule has 2 aromatic carbocycles. The Hall–Kier alpha value is -2.13. The maximum absolute atomic E-state index is 13.2. The first-order valence-electron chi connectivity index (χ1n) is 9.32. The quantitative estimate of drug-likeness (QED) is 0.579. The molecule has 30 heavy (non-hydrogen) atoms. The maximum atomic E-state index is 13.2. The summed E-state index contributed by atoms with van der Waals surface area (Å²) in [6.45, 7) is 1.40. The highest BCUT2D eigenvalue weighted by molar-refractivity contribution is 5.35. The summed E-state index contributed by atoms with van der Waals surface area (Å²) < 4.78 is 97.8. The van der Waals surface area contributed by atoms with Crippen LogP contribution in [0.3, 0.4) is 0 Å². The molecule has 0 aromatic heterocycles. The maximum Gasteiger partial charge on any atom is 0.416 e. The average Bonchev–Trinajstić information content (AvgIpc) is 3.01. The third kappa shape index (κ3) is 4.95. The van der Waals surface area contributed by atoms with E-state index in [9.17, 15) is 30.7 Å². The molecule has 3 unspecified atom stereocenters. The molecule has 2 aromatic rings. The summed E-state index contributed by atoms with van der Waals surface area (Å²) in [5.41, 5.74) is 3.85. The number of nitrogens with two attached hydrogens (primary N) is 1. The normalized spacial score (nSPS) is 23.6. The van der Waals surface area contributed by atoms with Crippen LogP contribution in [0.1, 0.15) is 54.0 Å². The van der Waals surface area contributed by atoms with Crippen molar-refractivity contribution in [3.8, 4) is 0 Å². The van der Waals surface area contributed by atoms with Crippen LogP contribution in [0, 0.1) is 5.82 Å². The van der Waals surface area contributed by atoms with E-state index in [1.54, 1.807) is 12.1 Å². The molecule has 2 N–H and O–H groups in total. The second kappa shape index (κ2) is 8.19. The second-order valence-electron chi connectivity index (χ2n) is 7.47. The van der Waals surface area contributed by atoms with Crippen LogP contribution in [-0.4, -0.2) is 12.1 Å². The number of benzene rings is 2. The molecule has 1 fully saturated rings. The average molecular weight is 435 g/mol. The molecule has 0 amide bonds. The smallest absolute Gasteiger partial charge is 0.370 e. The number of ether oxygens (including phenoxy) is 1. The summed E-state index contributed by atoms with van der Waals surface area (Å²) in [4.78, 5) is 0. The van der Waals surface area contributed by atoms with Crippen LogP contribution < -0.4 is 5.73 Å². The minimum Gasteiger partial charge on any atom is -0.370 e. The van der Waals surface area contributed by atoms with Crippen LogP contribution in [0.2, 0.25) is 0 Å². The van der Waals surface area contributed by atoms with Gasteiger partial charge in [0, 0.05) is 12.0 Å². The number of hydrogen-bond acceptors (Lipinski definition) is 2. The molecule has 0 aliphatic heterocycles. The minimum atomic E-state index is -4.93. The van der Waals surface area contributed by atoms with E-state index in [1.165, 1.54) is 19.1 Å². The van der Waals surface area contributed by atoms with Gasteiger partial charge in [-0.3, -0.25) is 0 Å². The van der Waals surface area contributed by atoms with Gasteiger partial charge in [-0.15, -0.1) is 0 Å². The topological polar surface area (TPSA) is 35.2 Å². The summed E-state index contributed by atoms with van der Waals surface area (Å²) in [5.74, 6) is -0.777. The Morgan fingerprint density at radius 3 is 1.93 bits per heavy atom. The number of rotatable bonds is 4. The third-order valence-electron chi connectivity index (χ3n) is 5.36. The fraction of sp³-hybridized carbons (Fsp3) is 0.429. The molecule has 2 nitrogen and oxygen atoms in total. The Bertz CT molecular complexity index is 844. The van der Waals surface area contributed by atoms with Gasteiger partial charge in [0.15, 0.2) is 0 Å². The fourth-order valence-electron chi connectivity index (χ4n) is 3.85. The molecule has 1 aliphatic carbocycles. The molecule has 0 spiro atoms. The Balaban J connectivity index is 1.89. The van der Waals surface area contributed by atoms with Gasteiger partial charge in [0.1, 0.15) is 5.82 Å². The predicted octanol–water partition coefficient (Wildman–Crippen LogP) is 6.21. The zero-order valence-electron chi connectivity index (χ0n) is 15.9. The minimum absolute atomic E-state index is 0.0863. The van der Waals surface area contributed by atoms with Gasteiger partial charge in [-0.2, -0.15) is 26.3 Å². The van der Waals surface area contributed by atoms with Gasteiger partial charge in [-0.1, -0.05) is 12.1 Å². The summed E-state index contributed by atoms with van der Waals surface area (Å²) in [6.07, 6.45) is -10.4. The Labute approximate surface area is 168 Å². The summed E-state index contributed by atoms with van der Waals surface area (Å²) in [7, 11) is 0. The molecule has 1 aliphatic rings. The monoisotopic (exact) mass is 435 g/mol. The molecule has 9 heteroatoms.